The quantitative estimate of drug-likeness (QED) is 0.650. The van der Waals surface area contributed by atoms with E-state index in [9.17, 15) is 4.79 Å². The molecule has 144 valence electrons. The predicted molar refractivity (Wildman–Crippen MR) is 103 cm³/mol. The molecule has 27 heavy (non-hydrogen) atoms. The second-order valence-electron chi connectivity index (χ2n) is 6.86. The van der Waals surface area contributed by atoms with Crippen molar-refractivity contribution < 1.29 is 9.84 Å². The highest BCUT2D eigenvalue weighted by Gasteiger charge is 2.29. The molecule has 2 aliphatic heterocycles. The molecule has 9 heteroatoms. The van der Waals surface area contributed by atoms with Gasteiger partial charge in [0.15, 0.2) is 11.5 Å². The molecule has 1 fully saturated rings. The van der Waals surface area contributed by atoms with E-state index < -0.39 is 0 Å². The van der Waals surface area contributed by atoms with Gasteiger partial charge in [-0.15, -0.1) is 0 Å². The molecule has 1 aromatic heterocycles. The average Bonchev–Trinajstić information content (AvgIpc) is 3.37. The molecule has 0 atom stereocenters. The van der Waals surface area contributed by atoms with Crippen molar-refractivity contribution in [1.29, 1.82) is 5.41 Å². The number of anilines is 1. The summed E-state index contributed by atoms with van der Waals surface area (Å²) >= 11 is 0. The van der Waals surface area contributed by atoms with E-state index in [1.807, 2.05) is 4.68 Å². The number of aliphatic hydroxyl groups excluding tert-OH is 1. The molecule has 0 bridgehead atoms. The van der Waals surface area contributed by atoms with Crippen molar-refractivity contribution in [3.05, 3.63) is 34.0 Å². The summed E-state index contributed by atoms with van der Waals surface area (Å²) < 4.78 is 9.18. The van der Waals surface area contributed by atoms with Gasteiger partial charge in [0.1, 0.15) is 12.4 Å². The summed E-state index contributed by atoms with van der Waals surface area (Å²) in [6.07, 6.45) is 6.18. The van der Waals surface area contributed by atoms with E-state index in [1.54, 1.807) is 10.8 Å². The molecule has 0 unspecified atom stereocenters. The maximum Gasteiger partial charge on any atom is 0.294 e. The van der Waals surface area contributed by atoms with Gasteiger partial charge in [0, 0.05) is 32.3 Å². The van der Waals surface area contributed by atoms with E-state index in [0.29, 0.717) is 23.6 Å². The topological polar surface area (TPSA) is 122 Å². The molecule has 3 aliphatic rings. The summed E-state index contributed by atoms with van der Waals surface area (Å²) in [7, 11) is 0. The third kappa shape index (κ3) is 3.08. The van der Waals surface area contributed by atoms with Crippen molar-refractivity contribution in [2.75, 3.05) is 31.2 Å². The van der Waals surface area contributed by atoms with Crippen LogP contribution in [0.15, 0.2) is 33.4 Å². The second kappa shape index (κ2) is 7.07. The van der Waals surface area contributed by atoms with Gasteiger partial charge < -0.3 is 20.5 Å². The molecule has 9 nitrogen and oxygen atoms in total. The number of hydrogen-bond donors (Lipinski definition) is 3. The van der Waals surface area contributed by atoms with E-state index in [2.05, 4.69) is 9.89 Å². The Bertz CT molecular complexity index is 914. The highest BCUT2D eigenvalue weighted by Crippen LogP contribution is 2.32. The molecule has 1 aromatic rings. The number of allylic oxidation sites excluding steroid dienone is 2. The Balaban J connectivity index is 1.79. The predicted octanol–water partition coefficient (Wildman–Crippen LogP) is 0.495. The smallest absolute Gasteiger partial charge is 0.294 e. The number of nitrogens with two attached hydrogens (primary N) is 1. The van der Waals surface area contributed by atoms with Gasteiger partial charge in [-0.2, -0.15) is 0 Å². The zero-order chi connectivity index (χ0) is 19.0. The fourth-order valence-electron chi connectivity index (χ4n) is 3.80. The van der Waals surface area contributed by atoms with Crippen LogP contribution >= 0.6 is 0 Å². The first-order valence-electron chi connectivity index (χ1n) is 9.29. The van der Waals surface area contributed by atoms with Crippen molar-refractivity contribution in [2.45, 2.75) is 32.4 Å². The Kier molecular flexibility index (Phi) is 4.61. The van der Waals surface area contributed by atoms with Crippen molar-refractivity contribution >= 4 is 22.9 Å². The molecule has 4 N–H and O–H groups in total. The second-order valence-corrected chi connectivity index (χ2v) is 6.86. The van der Waals surface area contributed by atoms with Gasteiger partial charge >= 0.3 is 0 Å². The number of nitrogens with zero attached hydrogens (tertiary/aromatic N) is 4. The lowest BCUT2D eigenvalue weighted by Gasteiger charge is -2.20. The van der Waals surface area contributed by atoms with Gasteiger partial charge in [-0.05, 0) is 25.3 Å². The first-order valence-corrected chi connectivity index (χ1v) is 9.29. The first kappa shape index (κ1) is 17.6. The number of hydrogen-bond acceptors (Lipinski definition) is 7. The fraction of sp³-hybridized carbons (Fsp3) is 0.500. The minimum atomic E-state index is -0.150. The zero-order valence-corrected chi connectivity index (χ0v) is 15.1. The molecule has 0 saturated carbocycles. The number of aromatic nitrogens is 2. The van der Waals surface area contributed by atoms with Crippen LogP contribution in [0.4, 0.5) is 11.5 Å². The monoisotopic (exact) mass is 372 g/mol. The number of aliphatic imine (C=N–C) groups is 1. The van der Waals surface area contributed by atoms with Gasteiger partial charge in [0.2, 0.25) is 0 Å². The van der Waals surface area contributed by atoms with Crippen LogP contribution in [0.2, 0.25) is 0 Å². The minimum absolute atomic E-state index is 0.0808. The summed E-state index contributed by atoms with van der Waals surface area (Å²) in [6, 6.07) is 0. The molecule has 0 radical (unpaired) electrons. The number of aliphatic hydroxyl groups is 1. The fourth-order valence-corrected chi connectivity index (χ4v) is 3.80. The molecule has 0 spiro atoms. The van der Waals surface area contributed by atoms with Crippen molar-refractivity contribution in [2.24, 2.45) is 10.7 Å². The van der Waals surface area contributed by atoms with Crippen molar-refractivity contribution in [3.63, 3.8) is 0 Å². The van der Waals surface area contributed by atoms with Gasteiger partial charge in [0.05, 0.1) is 23.7 Å². The standard InChI is InChI=1S/C18H24N6O3/c19-12-10-13(20)15(27-9-8-25)11-14(12)21-16-17(22-4-1-2-5-22)23-6-3-7-24(23)18(16)26/h10-11,20,25H,1-9,19H2. The van der Waals surface area contributed by atoms with Gasteiger partial charge in [0.25, 0.3) is 5.56 Å². The Morgan fingerprint density at radius 2 is 1.89 bits per heavy atom. The van der Waals surface area contributed by atoms with E-state index in [4.69, 9.17) is 21.0 Å². The van der Waals surface area contributed by atoms with Gasteiger partial charge in [-0.25, -0.2) is 9.67 Å². The molecule has 0 amide bonds. The Morgan fingerprint density at radius 3 is 2.63 bits per heavy atom. The number of nitrogens with one attached hydrogen (secondary N) is 1. The minimum Gasteiger partial charge on any atom is -0.489 e. The van der Waals surface area contributed by atoms with Crippen LogP contribution in [-0.4, -0.2) is 52.2 Å². The number of ether oxygens (including phenoxy) is 1. The van der Waals surface area contributed by atoms with Crippen LogP contribution in [0.3, 0.4) is 0 Å². The highest BCUT2D eigenvalue weighted by atomic mass is 16.5. The molecule has 4 rings (SSSR count). The zero-order valence-electron chi connectivity index (χ0n) is 15.1. The average molecular weight is 372 g/mol. The maximum atomic E-state index is 13.0. The summed E-state index contributed by atoms with van der Waals surface area (Å²) in [5.41, 5.74) is 7.20. The Labute approximate surface area is 156 Å². The van der Waals surface area contributed by atoms with E-state index >= 15 is 0 Å². The van der Waals surface area contributed by atoms with Crippen molar-refractivity contribution in [1.82, 2.24) is 9.36 Å². The molecular formula is C18H24N6O3. The first-order chi connectivity index (χ1) is 13.1. The van der Waals surface area contributed by atoms with E-state index in [1.165, 1.54) is 6.08 Å². The van der Waals surface area contributed by atoms with E-state index in [0.717, 1.165) is 44.7 Å². The summed E-state index contributed by atoms with van der Waals surface area (Å²) in [6.45, 7) is 3.26. The van der Waals surface area contributed by atoms with E-state index in [-0.39, 0.29) is 30.2 Å². The lowest BCUT2D eigenvalue weighted by molar-refractivity contribution is 0.156. The normalized spacial score (nSPS) is 20.9. The van der Waals surface area contributed by atoms with Gasteiger partial charge in [-0.1, -0.05) is 0 Å². The highest BCUT2D eigenvalue weighted by molar-refractivity contribution is 6.22. The summed E-state index contributed by atoms with van der Waals surface area (Å²) in [5.74, 6) is 1.15. The third-order valence-corrected chi connectivity index (χ3v) is 5.04. The summed E-state index contributed by atoms with van der Waals surface area (Å²) in [5, 5.41) is 16.9. The lowest BCUT2D eigenvalue weighted by Crippen LogP contribution is -2.22. The van der Waals surface area contributed by atoms with Crippen LogP contribution in [0.5, 0.6) is 0 Å². The summed E-state index contributed by atoms with van der Waals surface area (Å²) in [4.78, 5) is 19.8. The van der Waals surface area contributed by atoms with Crippen LogP contribution in [-0.2, 0) is 17.8 Å². The van der Waals surface area contributed by atoms with Crippen LogP contribution in [0, 0.1) is 5.41 Å². The molecular weight excluding hydrogens is 348 g/mol. The lowest BCUT2D eigenvalue weighted by atomic mass is 10.1. The molecule has 1 aliphatic carbocycles. The largest absolute Gasteiger partial charge is 0.489 e. The molecule has 0 aromatic carbocycles. The van der Waals surface area contributed by atoms with Crippen molar-refractivity contribution in [3.8, 4) is 0 Å². The third-order valence-electron chi connectivity index (χ3n) is 5.04. The molecule has 1 saturated heterocycles. The SMILES string of the molecule is N=C1C=C(N)C(=Nc2c(N3CCCC3)n3n(c2=O)CCC3)C=C1OCCO. The Hall–Kier alpha value is -2.81. The van der Waals surface area contributed by atoms with Crippen LogP contribution < -0.4 is 16.2 Å². The van der Waals surface area contributed by atoms with Gasteiger partial charge in [-0.3, -0.25) is 14.9 Å². The maximum absolute atomic E-state index is 13.0. The Morgan fingerprint density at radius 1 is 1.15 bits per heavy atom. The number of fused-ring (bicyclic) bond motifs is 1. The van der Waals surface area contributed by atoms with Crippen LogP contribution in [0.25, 0.3) is 0 Å². The number of rotatable bonds is 5. The molecule has 3 heterocycles. The van der Waals surface area contributed by atoms with Crippen LogP contribution in [0.1, 0.15) is 19.3 Å².